The number of thiophene rings is 1. The van der Waals surface area contributed by atoms with Crippen LogP contribution in [0.2, 0.25) is 0 Å². The first-order chi connectivity index (χ1) is 7.74. The third-order valence-corrected chi connectivity index (χ3v) is 4.32. The largest absolute Gasteiger partial charge is 0.347 e. The highest BCUT2D eigenvalue weighted by molar-refractivity contribution is 7.14. The molecule has 1 heterocycles. The lowest BCUT2D eigenvalue weighted by Crippen LogP contribution is -2.39. The van der Waals surface area contributed by atoms with Crippen molar-refractivity contribution in [1.82, 2.24) is 5.32 Å². The van der Waals surface area contributed by atoms with Crippen LogP contribution in [0.1, 0.15) is 39.9 Å². The van der Waals surface area contributed by atoms with Gasteiger partial charge in [0.15, 0.2) is 0 Å². The summed E-state index contributed by atoms with van der Waals surface area (Å²) < 4.78 is 0. The molecule has 1 aliphatic carbocycles. The Morgan fingerprint density at radius 1 is 1.62 bits per heavy atom. The second kappa shape index (κ2) is 4.97. The number of hydrogen-bond donors (Lipinski definition) is 2. The maximum atomic E-state index is 11.9. The summed E-state index contributed by atoms with van der Waals surface area (Å²) in [6.07, 6.45) is 4.39. The van der Waals surface area contributed by atoms with Crippen molar-refractivity contribution < 1.29 is 4.79 Å². The Morgan fingerprint density at radius 2 is 2.44 bits per heavy atom. The van der Waals surface area contributed by atoms with Gasteiger partial charge in [-0.1, -0.05) is 6.92 Å². The van der Waals surface area contributed by atoms with Gasteiger partial charge >= 0.3 is 0 Å². The summed E-state index contributed by atoms with van der Waals surface area (Å²) in [5.41, 5.74) is 6.94. The van der Waals surface area contributed by atoms with Gasteiger partial charge in [-0.25, -0.2) is 0 Å². The Kier molecular flexibility index (Phi) is 3.61. The van der Waals surface area contributed by atoms with E-state index in [2.05, 4.69) is 5.32 Å². The molecule has 4 heteroatoms. The first kappa shape index (κ1) is 11.6. The van der Waals surface area contributed by atoms with Crippen LogP contribution in [0.15, 0.2) is 6.07 Å². The van der Waals surface area contributed by atoms with E-state index in [4.69, 9.17) is 5.73 Å². The number of nitrogens with two attached hydrogens (primary N) is 1. The van der Waals surface area contributed by atoms with Crippen LogP contribution in [0, 0.1) is 0 Å². The van der Waals surface area contributed by atoms with Crippen LogP contribution in [0.5, 0.6) is 0 Å². The average Bonchev–Trinajstić information content (AvgIpc) is 2.85. The van der Waals surface area contributed by atoms with E-state index in [9.17, 15) is 4.79 Å². The highest BCUT2D eigenvalue weighted by Crippen LogP contribution is 2.30. The minimum atomic E-state index is 0.0386. The predicted octanol–water partition coefficient (Wildman–Crippen LogP) is 1.70. The first-order valence-electron chi connectivity index (χ1n) is 5.87. The van der Waals surface area contributed by atoms with Crippen LogP contribution >= 0.6 is 11.3 Å². The van der Waals surface area contributed by atoms with Crippen LogP contribution in [-0.4, -0.2) is 18.5 Å². The summed E-state index contributed by atoms with van der Waals surface area (Å²) in [6, 6.07) is 2.15. The van der Waals surface area contributed by atoms with Gasteiger partial charge in [0.25, 0.3) is 5.91 Å². The van der Waals surface area contributed by atoms with Crippen molar-refractivity contribution in [3.05, 3.63) is 21.4 Å². The molecule has 0 radical (unpaired) electrons. The number of rotatable bonds is 4. The molecule has 0 aliphatic heterocycles. The molecule has 88 valence electrons. The maximum Gasteiger partial charge on any atom is 0.261 e. The van der Waals surface area contributed by atoms with Gasteiger partial charge in [0.2, 0.25) is 0 Å². The second-order valence-corrected chi connectivity index (χ2v) is 5.36. The molecule has 1 amide bonds. The topological polar surface area (TPSA) is 55.1 Å². The number of fused-ring (bicyclic) bond motifs is 1. The average molecular weight is 238 g/mol. The summed E-state index contributed by atoms with van der Waals surface area (Å²) in [7, 11) is 0. The van der Waals surface area contributed by atoms with Crippen LogP contribution in [0.25, 0.3) is 0 Å². The maximum absolute atomic E-state index is 11.9. The van der Waals surface area contributed by atoms with Crippen molar-refractivity contribution >= 4 is 17.2 Å². The fourth-order valence-corrected chi connectivity index (χ4v) is 3.18. The molecule has 1 aromatic rings. The summed E-state index contributed by atoms with van der Waals surface area (Å²) in [4.78, 5) is 14.2. The highest BCUT2D eigenvalue weighted by Gasteiger charge is 2.19. The van der Waals surface area contributed by atoms with E-state index in [-0.39, 0.29) is 11.9 Å². The molecule has 0 spiro atoms. The molecular weight excluding hydrogens is 220 g/mol. The van der Waals surface area contributed by atoms with E-state index < -0.39 is 0 Å². The monoisotopic (exact) mass is 238 g/mol. The summed E-state index contributed by atoms with van der Waals surface area (Å²) in [5.74, 6) is 0.0386. The molecule has 0 bridgehead atoms. The Hall–Kier alpha value is -0.870. The fourth-order valence-electron chi connectivity index (χ4n) is 2.03. The standard InChI is InChI=1S/C12H18N2OS/c1-2-9(7-13)14-12(15)11-6-8-4-3-5-10(8)16-11/h6,9H,2-5,7,13H2,1H3,(H,14,15). The molecular formula is C12H18N2OS. The van der Waals surface area contributed by atoms with Crippen LogP contribution in [0.3, 0.4) is 0 Å². The van der Waals surface area contributed by atoms with Crippen molar-refractivity contribution in [2.24, 2.45) is 5.73 Å². The highest BCUT2D eigenvalue weighted by atomic mass is 32.1. The van der Waals surface area contributed by atoms with Crippen molar-refractivity contribution in [2.75, 3.05) is 6.54 Å². The number of hydrogen-bond acceptors (Lipinski definition) is 3. The van der Waals surface area contributed by atoms with E-state index in [1.165, 1.54) is 16.9 Å². The summed E-state index contributed by atoms with van der Waals surface area (Å²) >= 11 is 1.64. The zero-order valence-corrected chi connectivity index (χ0v) is 10.4. The minimum absolute atomic E-state index is 0.0386. The minimum Gasteiger partial charge on any atom is -0.347 e. The van der Waals surface area contributed by atoms with Gasteiger partial charge in [-0.3, -0.25) is 4.79 Å². The van der Waals surface area contributed by atoms with Crippen molar-refractivity contribution in [2.45, 2.75) is 38.6 Å². The van der Waals surface area contributed by atoms with Gasteiger partial charge in [-0.15, -0.1) is 11.3 Å². The summed E-state index contributed by atoms with van der Waals surface area (Å²) in [6.45, 7) is 2.54. The normalized spacial score (nSPS) is 15.9. The number of aryl methyl sites for hydroxylation is 2. The molecule has 2 rings (SSSR count). The molecule has 1 unspecified atom stereocenters. The van der Waals surface area contributed by atoms with Gasteiger partial charge < -0.3 is 11.1 Å². The summed E-state index contributed by atoms with van der Waals surface area (Å²) in [5, 5.41) is 2.97. The van der Waals surface area contributed by atoms with Gasteiger partial charge in [-0.2, -0.15) is 0 Å². The zero-order valence-electron chi connectivity index (χ0n) is 9.58. The lowest BCUT2D eigenvalue weighted by Gasteiger charge is -2.13. The lowest BCUT2D eigenvalue weighted by atomic mass is 10.2. The number of nitrogens with one attached hydrogen (secondary N) is 1. The molecule has 1 atom stereocenters. The number of amides is 1. The third kappa shape index (κ3) is 2.28. The van der Waals surface area contributed by atoms with Gasteiger partial charge in [0.1, 0.15) is 0 Å². The van der Waals surface area contributed by atoms with Crippen LogP contribution in [-0.2, 0) is 12.8 Å². The van der Waals surface area contributed by atoms with Gasteiger partial charge in [0, 0.05) is 17.5 Å². The van der Waals surface area contributed by atoms with Gasteiger partial charge in [0.05, 0.1) is 4.88 Å². The fraction of sp³-hybridized carbons (Fsp3) is 0.583. The number of carbonyl (C=O) groups excluding carboxylic acids is 1. The molecule has 1 aromatic heterocycles. The first-order valence-corrected chi connectivity index (χ1v) is 6.68. The van der Waals surface area contributed by atoms with Crippen LogP contribution in [0.4, 0.5) is 0 Å². The quantitative estimate of drug-likeness (QED) is 0.839. The zero-order chi connectivity index (χ0) is 11.5. The van der Waals surface area contributed by atoms with Crippen LogP contribution < -0.4 is 11.1 Å². The second-order valence-electron chi connectivity index (χ2n) is 4.23. The third-order valence-electron chi connectivity index (χ3n) is 3.08. The lowest BCUT2D eigenvalue weighted by molar-refractivity contribution is 0.0941. The van der Waals surface area contributed by atoms with E-state index in [0.29, 0.717) is 6.54 Å². The van der Waals surface area contributed by atoms with Crippen molar-refractivity contribution in [3.63, 3.8) is 0 Å². The van der Waals surface area contributed by atoms with E-state index >= 15 is 0 Å². The molecule has 0 saturated carbocycles. The molecule has 3 nitrogen and oxygen atoms in total. The van der Waals surface area contributed by atoms with E-state index in [0.717, 1.165) is 24.1 Å². The molecule has 1 aliphatic rings. The van der Waals surface area contributed by atoms with E-state index in [1.807, 2.05) is 13.0 Å². The van der Waals surface area contributed by atoms with E-state index in [1.54, 1.807) is 11.3 Å². The number of carbonyl (C=O) groups is 1. The molecule has 16 heavy (non-hydrogen) atoms. The molecule has 3 N–H and O–H groups in total. The molecule has 0 fully saturated rings. The Morgan fingerprint density at radius 3 is 3.06 bits per heavy atom. The molecule has 0 aromatic carbocycles. The van der Waals surface area contributed by atoms with Gasteiger partial charge in [-0.05, 0) is 37.3 Å². The predicted molar refractivity (Wildman–Crippen MR) is 66.9 cm³/mol. The molecule has 0 saturated heterocycles. The van der Waals surface area contributed by atoms with Crippen molar-refractivity contribution in [1.29, 1.82) is 0 Å². The Labute approximate surface area is 100 Å². The van der Waals surface area contributed by atoms with Crippen molar-refractivity contribution in [3.8, 4) is 0 Å². The smallest absolute Gasteiger partial charge is 0.261 e. The Balaban J connectivity index is 2.03. The Bertz CT molecular complexity index is 361. The SMILES string of the molecule is CCC(CN)NC(=O)c1cc2c(s1)CCC2.